The van der Waals surface area contributed by atoms with Crippen molar-refractivity contribution in [3.8, 4) is 0 Å². The molecular formula is C18H19FN2O3S. The largest absolute Gasteiger partial charge is 0.383 e. The zero-order valence-electron chi connectivity index (χ0n) is 13.8. The fourth-order valence-corrected chi connectivity index (χ4v) is 2.91. The van der Waals surface area contributed by atoms with Crippen LogP contribution in [0.25, 0.3) is 0 Å². The third-order valence-corrected chi connectivity index (χ3v) is 4.27. The Labute approximate surface area is 150 Å². The number of carbonyl (C=O) groups excluding carboxylic acids is 2. The summed E-state index contributed by atoms with van der Waals surface area (Å²) in [6.07, 6.45) is 0. The molecule has 0 heterocycles. The normalized spacial score (nSPS) is 10.3. The number of nitrogens with one attached hydrogen (secondary N) is 2. The lowest BCUT2D eigenvalue weighted by Crippen LogP contribution is -2.28. The zero-order chi connectivity index (χ0) is 18.1. The second-order valence-electron chi connectivity index (χ2n) is 5.09. The van der Waals surface area contributed by atoms with Gasteiger partial charge < -0.3 is 15.4 Å². The summed E-state index contributed by atoms with van der Waals surface area (Å²) < 4.78 is 18.1. The number of rotatable bonds is 8. The SMILES string of the molecule is COCCNC(=O)CSc1ccccc1C(=O)Nc1cccc(F)c1. The van der Waals surface area contributed by atoms with E-state index in [0.717, 1.165) is 0 Å². The molecule has 25 heavy (non-hydrogen) atoms. The van der Waals surface area contributed by atoms with E-state index in [9.17, 15) is 14.0 Å². The van der Waals surface area contributed by atoms with Gasteiger partial charge in [-0.25, -0.2) is 4.39 Å². The van der Waals surface area contributed by atoms with Crippen molar-refractivity contribution in [2.45, 2.75) is 4.90 Å². The van der Waals surface area contributed by atoms with Gasteiger partial charge in [0.25, 0.3) is 5.91 Å². The number of ether oxygens (including phenoxy) is 1. The van der Waals surface area contributed by atoms with E-state index in [1.54, 1.807) is 37.4 Å². The number of hydrogen-bond acceptors (Lipinski definition) is 4. The maximum Gasteiger partial charge on any atom is 0.256 e. The Morgan fingerprint density at radius 3 is 2.72 bits per heavy atom. The van der Waals surface area contributed by atoms with Crippen LogP contribution < -0.4 is 10.6 Å². The predicted octanol–water partition coefficient (Wildman–Crippen LogP) is 2.93. The molecule has 0 saturated carbocycles. The van der Waals surface area contributed by atoms with Crippen LogP contribution in [-0.4, -0.2) is 37.8 Å². The van der Waals surface area contributed by atoms with Crippen LogP contribution in [0.2, 0.25) is 0 Å². The van der Waals surface area contributed by atoms with E-state index in [1.807, 2.05) is 0 Å². The van der Waals surface area contributed by atoms with E-state index < -0.39 is 5.82 Å². The fourth-order valence-electron chi connectivity index (χ4n) is 2.03. The lowest BCUT2D eigenvalue weighted by molar-refractivity contribution is -0.118. The topological polar surface area (TPSA) is 67.4 Å². The summed E-state index contributed by atoms with van der Waals surface area (Å²) in [5.41, 5.74) is 0.809. The van der Waals surface area contributed by atoms with Crippen LogP contribution in [0.3, 0.4) is 0 Å². The van der Waals surface area contributed by atoms with E-state index >= 15 is 0 Å². The number of halogens is 1. The van der Waals surface area contributed by atoms with Crippen molar-refractivity contribution in [1.82, 2.24) is 5.32 Å². The van der Waals surface area contributed by atoms with Crippen LogP contribution >= 0.6 is 11.8 Å². The van der Waals surface area contributed by atoms with Crippen molar-refractivity contribution in [1.29, 1.82) is 0 Å². The third-order valence-electron chi connectivity index (χ3n) is 3.20. The van der Waals surface area contributed by atoms with Crippen molar-refractivity contribution in [3.05, 3.63) is 59.9 Å². The second-order valence-corrected chi connectivity index (χ2v) is 6.11. The molecule has 2 amide bonds. The maximum atomic E-state index is 13.2. The van der Waals surface area contributed by atoms with E-state index in [-0.39, 0.29) is 17.6 Å². The van der Waals surface area contributed by atoms with Crippen molar-refractivity contribution >= 4 is 29.3 Å². The second kappa shape index (κ2) is 9.80. The molecule has 0 bridgehead atoms. The molecule has 0 radical (unpaired) electrons. The first-order valence-corrected chi connectivity index (χ1v) is 8.63. The number of thioether (sulfide) groups is 1. The van der Waals surface area contributed by atoms with Gasteiger partial charge in [0.2, 0.25) is 5.91 Å². The van der Waals surface area contributed by atoms with Gasteiger partial charge in [0.05, 0.1) is 17.9 Å². The molecular weight excluding hydrogens is 343 g/mol. The summed E-state index contributed by atoms with van der Waals surface area (Å²) in [4.78, 5) is 24.9. The minimum Gasteiger partial charge on any atom is -0.383 e. The standard InChI is InChI=1S/C18H19FN2O3S/c1-24-10-9-20-17(22)12-25-16-8-3-2-7-15(16)18(23)21-14-6-4-5-13(19)11-14/h2-8,11H,9-10,12H2,1H3,(H,20,22)(H,21,23). The molecule has 2 aromatic carbocycles. The molecule has 7 heteroatoms. The van der Waals surface area contributed by atoms with E-state index in [1.165, 1.54) is 30.0 Å². The molecule has 0 unspecified atom stereocenters. The van der Waals surface area contributed by atoms with Gasteiger partial charge in [-0.2, -0.15) is 0 Å². The highest BCUT2D eigenvalue weighted by atomic mass is 32.2. The first-order chi connectivity index (χ1) is 12.1. The lowest BCUT2D eigenvalue weighted by atomic mass is 10.2. The molecule has 132 valence electrons. The van der Waals surface area contributed by atoms with Gasteiger partial charge in [0, 0.05) is 24.2 Å². The third kappa shape index (κ3) is 6.21. The highest BCUT2D eigenvalue weighted by Gasteiger charge is 2.13. The molecule has 2 N–H and O–H groups in total. The minimum atomic E-state index is -0.423. The fraction of sp³-hybridized carbons (Fsp3) is 0.222. The molecule has 0 atom stereocenters. The molecule has 0 aliphatic rings. The molecule has 0 saturated heterocycles. The van der Waals surface area contributed by atoms with Crippen molar-refractivity contribution in [3.63, 3.8) is 0 Å². The molecule has 2 rings (SSSR count). The number of amides is 2. The Bertz CT molecular complexity index is 740. The van der Waals surface area contributed by atoms with Crippen molar-refractivity contribution in [2.75, 3.05) is 31.3 Å². The van der Waals surface area contributed by atoms with Gasteiger partial charge in [0.15, 0.2) is 0 Å². The summed E-state index contributed by atoms with van der Waals surface area (Å²) in [6, 6.07) is 12.7. The Hall–Kier alpha value is -2.38. The van der Waals surface area contributed by atoms with Gasteiger partial charge in [-0.1, -0.05) is 18.2 Å². The van der Waals surface area contributed by atoms with Gasteiger partial charge in [-0.05, 0) is 30.3 Å². The average molecular weight is 362 g/mol. The average Bonchev–Trinajstić information content (AvgIpc) is 2.60. The Morgan fingerprint density at radius 2 is 1.96 bits per heavy atom. The molecule has 0 fully saturated rings. The monoisotopic (exact) mass is 362 g/mol. The summed E-state index contributed by atoms with van der Waals surface area (Å²) in [5.74, 6) is -0.724. The van der Waals surface area contributed by atoms with E-state index in [2.05, 4.69) is 10.6 Å². The highest BCUT2D eigenvalue weighted by Crippen LogP contribution is 2.23. The molecule has 0 aromatic heterocycles. The van der Waals surface area contributed by atoms with Crippen LogP contribution in [0.15, 0.2) is 53.4 Å². The summed E-state index contributed by atoms with van der Waals surface area (Å²) in [5, 5.41) is 5.38. The van der Waals surface area contributed by atoms with Crippen molar-refractivity contribution < 1.29 is 18.7 Å². The van der Waals surface area contributed by atoms with Crippen LogP contribution in [0.4, 0.5) is 10.1 Å². The van der Waals surface area contributed by atoms with E-state index in [0.29, 0.717) is 29.3 Å². The number of carbonyl (C=O) groups is 2. The maximum absolute atomic E-state index is 13.2. The summed E-state index contributed by atoms with van der Waals surface area (Å²) >= 11 is 1.27. The van der Waals surface area contributed by atoms with Crippen LogP contribution in [0.1, 0.15) is 10.4 Å². The van der Waals surface area contributed by atoms with Gasteiger partial charge >= 0.3 is 0 Å². The molecule has 5 nitrogen and oxygen atoms in total. The summed E-state index contributed by atoms with van der Waals surface area (Å²) in [6.45, 7) is 0.890. The van der Waals surface area contributed by atoms with Crippen LogP contribution in [0, 0.1) is 5.82 Å². The highest BCUT2D eigenvalue weighted by molar-refractivity contribution is 8.00. The Balaban J connectivity index is 1.99. The quantitative estimate of drug-likeness (QED) is 0.560. The molecule has 0 spiro atoms. The smallest absolute Gasteiger partial charge is 0.256 e. The Kier molecular flexibility index (Phi) is 7.43. The van der Waals surface area contributed by atoms with E-state index in [4.69, 9.17) is 4.74 Å². The molecule has 0 aliphatic heterocycles. The van der Waals surface area contributed by atoms with Crippen molar-refractivity contribution in [2.24, 2.45) is 0 Å². The number of hydrogen-bond donors (Lipinski definition) is 2. The van der Waals surface area contributed by atoms with Gasteiger partial charge in [0.1, 0.15) is 5.82 Å². The first kappa shape index (κ1) is 19.0. The number of benzene rings is 2. The lowest BCUT2D eigenvalue weighted by Gasteiger charge is -2.10. The molecule has 0 aliphatic carbocycles. The predicted molar refractivity (Wildman–Crippen MR) is 96.4 cm³/mol. The van der Waals surface area contributed by atoms with Crippen LogP contribution in [-0.2, 0) is 9.53 Å². The number of anilines is 1. The van der Waals surface area contributed by atoms with Crippen LogP contribution in [0.5, 0.6) is 0 Å². The summed E-state index contributed by atoms with van der Waals surface area (Å²) in [7, 11) is 1.56. The minimum absolute atomic E-state index is 0.137. The Morgan fingerprint density at radius 1 is 1.16 bits per heavy atom. The molecule has 2 aromatic rings. The number of methoxy groups -OCH3 is 1. The zero-order valence-corrected chi connectivity index (χ0v) is 14.6. The van der Waals surface area contributed by atoms with Gasteiger partial charge in [-0.3, -0.25) is 9.59 Å². The van der Waals surface area contributed by atoms with Gasteiger partial charge in [-0.15, -0.1) is 11.8 Å². The first-order valence-electron chi connectivity index (χ1n) is 7.64.